The highest BCUT2D eigenvalue weighted by Crippen LogP contribution is 2.16. The topological polar surface area (TPSA) is 102 Å². The van der Waals surface area contributed by atoms with Crippen LogP contribution < -0.4 is 10.9 Å². The lowest BCUT2D eigenvalue weighted by Gasteiger charge is -2.15. The van der Waals surface area contributed by atoms with E-state index in [1.807, 2.05) is 33.7 Å². The molecule has 0 atom stereocenters. The van der Waals surface area contributed by atoms with E-state index in [0.29, 0.717) is 42.9 Å². The summed E-state index contributed by atoms with van der Waals surface area (Å²) in [6, 6.07) is 10.6. The lowest BCUT2D eigenvalue weighted by Crippen LogP contribution is -2.30. The Morgan fingerprint density at radius 3 is 2.84 bits per heavy atom. The number of furan rings is 1. The fourth-order valence-electron chi connectivity index (χ4n) is 4.17. The van der Waals surface area contributed by atoms with E-state index in [4.69, 9.17) is 4.42 Å². The number of rotatable bonds is 7. The first-order valence-corrected chi connectivity index (χ1v) is 10.7. The first kappa shape index (κ1) is 20.0. The minimum atomic E-state index is -0.318. The molecule has 2 amide bonds. The molecule has 4 aromatic rings. The molecule has 1 aliphatic heterocycles. The molecule has 0 bridgehead atoms. The summed E-state index contributed by atoms with van der Waals surface area (Å²) in [4.78, 5) is 43.3. The summed E-state index contributed by atoms with van der Waals surface area (Å²) in [6.45, 7) is 2.07. The number of nitrogens with one attached hydrogen (secondary N) is 1. The van der Waals surface area contributed by atoms with Crippen molar-refractivity contribution in [1.29, 1.82) is 0 Å². The molecule has 1 N–H and O–H groups in total. The Hall–Kier alpha value is -3.88. The van der Waals surface area contributed by atoms with Crippen LogP contribution in [0.5, 0.6) is 0 Å². The number of nitrogens with zero attached hydrogens (tertiary/aromatic N) is 4. The Morgan fingerprint density at radius 2 is 2.00 bits per heavy atom. The van der Waals surface area contributed by atoms with Crippen molar-refractivity contribution in [2.24, 2.45) is 0 Å². The molecule has 9 heteroatoms. The van der Waals surface area contributed by atoms with Gasteiger partial charge in [0.05, 0.1) is 12.1 Å². The van der Waals surface area contributed by atoms with Gasteiger partial charge in [0.25, 0.3) is 11.5 Å². The first-order valence-electron chi connectivity index (χ1n) is 10.7. The number of amides is 2. The summed E-state index contributed by atoms with van der Waals surface area (Å²) in [7, 11) is 0. The van der Waals surface area contributed by atoms with E-state index in [-0.39, 0.29) is 29.7 Å². The monoisotopic (exact) mass is 433 g/mol. The average Bonchev–Trinajstić information content (AvgIpc) is 3.55. The minimum absolute atomic E-state index is 0.165. The number of carbonyl (C=O) groups is 2. The zero-order valence-electron chi connectivity index (χ0n) is 17.5. The van der Waals surface area contributed by atoms with Gasteiger partial charge in [-0.25, -0.2) is 4.98 Å². The highest BCUT2D eigenvalue weighted by atomic mass is 16.4. The van der Waals surface area contributed by atoms with Crippen LogP contribution in [0.1, 0.15) is 35.6 Å². The van der Waals surface area contributed by atoms with Crippen LogP contribution in [-0.2, 0) is 11.3 Å². The summed E-state index contributed by atoms with van der Waals surface area (Å²) in [5.74, 6) is 0.540. The molecular weight excluding hydrogens is 410 g/mol. The van der Waals surface area contributed by atoms with Crippen LogP contribution in [0.4, 0.5) is 0 Å². The van der Waals surface area contributed by atoms with Gasteiger partial charge in [-0.3, -0.25) is 19.0 Å². The fourth-order valence-corrected chi connectivity index (χ4v) is 4.17. The maximum Gasteiger partial charge on any atom is 0.286 e. The van der Waals surface area contributed by atoms with Crippen LogP contribution in [0.25, 0.3) is 16.7 Å². The van der Waals surface area contributed by atoms with Crippen molar-refractivity contribution in [3.8, 4) is 0 Å². The van der Waals surface area contributed by atoms with E-state index in [2.05, 4.69) is 10.3 Å². The molecule has 164 valence electrons. The van der Waals surface area contributed by atoms with Gasteiger partial charge in [-0.15, -0.1) is 0 Å². The molecule has 4 aromatic heterocycles. The molecular formula is C23H23N5O4. The van der Waals surface area contributed by atoms with Crippen LogP contribution in [0.3, 0.4) is 0 Å². The second-order valence-corrected chi connectivity index (χ2v) is 7.86. The Morgan fingerprint density at radius 1 is 1.12 bits per heavy atom. The van der Waals surface area contributed by atoms with Crippen LogP contribution >= 0.6 is 0 Å². The second kappa shape index (κ2) is 8.33. The highest BCUT2D eigenvalue weighted by Gasteiger charge is 2.19. The standard InChI is InChI=1S/C23H23N5O4/c29-20-7-3-12-26(20)13-4-11-25-22(30)19-9-8-16(32-19)15-28-21-17(5-1-10-24-21)27-14-2-6-18(27)23(28)31/h1-2,5-6,8-10,14H,3-4,7,11-13,15H2,(H,25,30). The van der Waals surface area contributed by atoms with E-state index in [0.717, 1.165) is 18.5 Å². The lowest BCUT2D eigenvalue weighted by atomic mass is 10.3. The molecule has 0 aliphatic carbocycles. The summed E-state index contributed by atoms with van der Waals surface area (Å²) >= 11 is 0. The predicted octanol–water partition coefficient (Wildman–Crippen LogP) is 2.03. The fraction of sp³-hybridized carbons (Fsp3) is 0.304. The molecule has 5 heterocycles. The summed E-state index contributed by atoms with van der Waals surface area (Å²) in [5.41, 5.74) is 1.72. The van der Waals surface area contributed by atoms with Crippen LogP contribution in [0.15, 0.2) is 58.0 Å². The highest BCUT2D eigenvalue weighted by molar-refractivity contribution is 5.91. The third-order valence-electron chi connectivity index (χ3n) is 5.76. The smallest absolute Gasteiger partial charge is 0.286 e. The number of likely N-dealkylation sites (tertiary alicyclic amines) is 1. The van der Waals surface area contributed by atoms with Crippen LogP contribution in [0, 0.1) is 0 Å². The Labute approximate surface area is 183 Å². The molecule has 1 aliphatic rings. The van der Waals surface area contributed by atoms with Gasteiger partial charge < -0.3 is 19.0 Å². The van der Waals surface area contributed by atoms with E-state index >= 15 is 0 Å². The SMILES string of the molecule is O=C(NCCCN1CCCC1=O)c1ccc(Cn2c(=O)c3cccn3c3cccnc32)o1. The third-order valence-corrected chi connectivity index (χ3v) is 5.76. The van der Waals surface area contributed by atoms with Crippen LogP contribution in [-0.4, -0.2) is 50.3 Å². The van der Waals surface area contributed by atoms with Gasteiger partial charge in [0.15, 0.2) is 11.4 Å². The number of hydrogen-bond donors (Lipinski definition) is 1. The number of pyridine rings is 1. The van der Waals surface area contributed by atoms with E-state index in [9.17, 15) is 14.4 Å². The van der Waals surface area contributed by atoms with Gasteiger partial charge in [0.2, 0.25) is 5.91 Å². The largest absolute Gasteiger partial charge is 0.454 e. The average molecular weight is 433 g/mol. The first-order chi connectivity index (χ1) is 15.6. The zero-order chi connectivity index (χ0) is 22.1. The summed E-state index contributed by atoms with van der Waals surface area (Å²) in [6.07, 6.45) is 5.69. The van der Waals surface area contributed by atoms with Crippen molar-refractivity contribution in [3.63, 3.8) is 0 Å². The Kier molecular flexibility index (Phi) is 5.22. The van der Waals surface area contributed by atoms with Crippen LogP contribution in [0.2, 0.25) is 0 Å². The number of carbonyl (C=O) groups excluding carboxylic acids is 2. The molecule has 9 nitrogen and oxygen atoms in total. The third kappa shape index (κ3) is 3.66. The second-order valence-electron chi connectivity index (χ2n) is 7.86. The van der Waals surface area contributed by atoms with E-state index in [1.54, 1.807) is 29.0 Å². The van der Waals surface area contributed by atoms with Crippen molar-refractivity contribution >= 4 is 28.5 Å². The molecule has 0 radical (unpaired) electrons. The summed E-state index contributed by atoms with van der Waals surface area (Å²) < 4.78 is 9.09. The minimum Gasteiger partial charge on any atom is -0.454 e. The summed E-state index contributed by atoms with van der Waals surface area (Å²) in [5, 5.41) is 2.82. The van der Waals surface area contributed by atoms with Gasteiger partial charge >= 0.3 is 0 Å². The van der Waals surface area contributed by atoms with Crippen molar-refractivity contribution < 1.29 is 14.0 Å². The predicted molar refractivity (Wildman–Crippen MR) is 118 cm³/mol. The maximum atomic E-state index is 13.0. The molecule has 0 unspecified atom stereocenters. The van der Waals surface area contributed by atoms with Crippen molar-refractivity contribution in [2.45, 2.75) is 25.8 Å². The normalized spacial score (nSPS) is 14.0. The molecule has 0 spiro atoms. The van der Waals surface area contributed by atoms with Crippen molar-refractivity contribution in [2.75, 3.05) is 19.6 Å². The van der Waals surface area contributed by atoms with Gasteiger partial charge in [-0.2, -0.15) is 0 Å². The Bertz CT molecular complexity index is 1370. The van der Waals surface area contributed by atoms with Crippen molar-refractivity contribution in [1.82, 2.24) is 24.2 Å². The van der Waals surface area contributed by atoms with Gasteiger partial charge in [0.1, 0.15) is 11.3 Å². The molecule has 5 rings (SSSR count). The molecule has 1 fully saturated rings. The molecule has 32 heavy (non-hydrogen) atoms. The maximum absolute atomic E-state index is 13.0. The molecule has 1 saturated heterocycles. The number of fused-ring (bicyclic) bond motifs is 3. The van der Waals surface area contributed by atoms with Crippen molar-refractivity contribution in [3.05, 3.63) is 70.7 Å². The molecule has 0 aromatic carbocycles. The molecule has 0 saturated carbocycles. The van der Waals surface area contributed by atoms with Gasteiger partial charge in [-0.1, -0.05) is 0 Å². The Balaban J connectivity index is 1.28. The quantitative estimate of drug-likeness (QED) is 0.450. The van der Waals surface area contributed by atoms with E-state index < -0.39 is 0 Å². The number of aromatic nitrogens is 3. The lowest BCUT2D eigenvalue weighted by molar-refractivity contribution is -0.127. The number of hydrogen-bond acceptors (Lipinski definition) is 5. The van der Waals surface area contributed by atoms with E-state index in [1.165, 1.54) is 0 Å². The zero-order valence-corrected chi connectivity index (χ0v) is 17.5. The van der Waals surface area contributed by atoms with Gasteiger partial charge in [-0.05, 0) is 49.2 Å². The van der Waals surface area contributed by atoms with Gasteiger partial charge in [0, 0.05) is 38.4 Å².